The Kier molecular flexibility index (Phi) is 4.77. The fourth-order valence-corrected chi connectivity index (χ4v) is 4.43. The van der Waals surface area contributed by atoms with Gasteiger partial charge in [-0.3, -0.25) is 4.72 Å². The lowest BCUT2D eigenvalue weighted by Gasteiger charge is -2.19. The molecule has 0 atom stereocenters. The monoisotopic (exact) mass is 387 g/mol. The van der Waals surface area contributed by atoms with Crippen LogP contribution in [0.15, 0.2) is 58.8 Å². The van der Waals surface area contributed by atoms with Crippen LogP contribution in [-0.4, -0.2) is 13.4 Å². The highest BCUT2D eigenvalue weighted by atomic mass is 32.2. The molecule has 0 radical (unpaired) electrons. The summed E-state index contributed by atoms with van der Waals surface area (Å²) in [6, 6.07) is 14.2. The van der Waals surface area contributed by atoms with Crippen LogP contribution in [0.5, 0.6) is 0 Å². The number of hydrogen-bond donors (Lipinski definition) is 2. The number of nitrogens with zero attached hydrogens (tertiary/aromatic N) is 1. The van der Waals surface area contributed by atoms with Crippen molar-refractivity contribution in [1.29, 1.82) is 0 Å². The van der Waals surface area contributed by atoms with Crippen LogP contribution < -0.4 is 10.5 Å². The van der Waals surface area contributed by atoms with E-state index in [0.717, 1.165) is 11.1 Å². The molecule has 3 aromatic rings. The fourth-order valence-electron chi connectivity index (χ4n) is 2.46. The average Bonchev–Trinajstić information content (AvgIpc) is 3.02. The van der Waals surface area contributed by atoms with Gasteiger partial charge in [0.25, 0.3) is 10.0 Å². The van der Waals surface area contributed by atoms with Crippen LogP contribution >= 0.6 is 11.3 Å². The first-order chi connectivity index (χ1) is 12.1. The first kappa shape index (κ1) is 18.4. The van der Waals surface area contributed by atoms with E-state index < -0.39 is 10.0 Å². The third-order valence-corrected chi connectivity index (χ3v) is 6.18. The minimum atomic E-state index is -3.68. The van der Waals surface area contributed by atoms with Crippen molar-refractivity contribution < 1.29 is 8.42 Å². The number of nitrogens with one attached hydrogen (secondary N) is 1. The molecule has 0 aliphatic rings. The van der Waals surface area contributed by atoms with E-state index in [1.807, 2.05) is 24.3 Å². The van der Waals surface area contributed by atoms with Crippen molar-refractivity contribution in [3.8, 4) is 11.3 Å². The van der Waals surface area contributed by atoms with Crippen molar-refractivity contribution in [2.24, 2.45) is 0 Å². The molecule has 0 aliphatic heterocycles. The molecule has 2 aromatic carbocycles. The van der Waals surface area contributed by atoms with E-state index in [4.69, 9.17) is 5.73 Å². The van der Waals surface area contributed by atoms with E-state index in [1.165, 1.54) is 11.3 Å². The zero-order valence-electron chi connectivity index (χ0n) is 14.9. The number of thiazole rings is 1. The third kappa shape index (κ3) is 4.05. The van der Waals surface area contributed by atoms with Gasteiger partial charge in [0.2, 0.25) is 0 Å². The summed E-state index contributed by atoms with van der Waals surface area (Å²) in [5, 5.41) is 2.12. The van der Waals surface area contributed by atoms with Gasteiger partial charge in [0, 0.05) is 16.6 Å². The van der Waals surface area contributed by atoms with Crippen molar-refractivity contribution in [3.05, 3.63) is 59.5 Å². The number of rotatable bonds is 4. The summed E-state index contributed by atoms with van der Waals surface area (Å²) in [5.41, 5.74) is 9.00. The summed E-state index contributed by atoms with van der Waals surface area (Å²) < 4.78 is 27.7. The Bertz CT molecular complexity index is 1020. The Morgan fingerprint density at radius 2 is 1.77 bits per heavy atom. The van der Waals surface area contributed by atoms with E-state index in [1.54, 1.807) is 29.6 Å². The summed E-state index contributed by atoms with van der Waals surface area (Å²) in [6.45, 7) is 6.26. The molecule has 136 valence electrons. The van der Waals surface area contributed by atoms with Crippen molar-refractivity contribution in [3.63, 3.8) is 0 Å². The molecule has 0 spiro atoms. The van der Waals surface area contributed by atoms with E-state index >= 15 is 0 Å². The third-order valence-electron chi connectivity index (χ3n) is 3.94. The van der Waals surface area contributed by atoms with E-state index in [2.05, 4.69) is 30.5 Å². The first-order valence-electron chi connectivity index (χ1n) is 8.10. The minimum Gasteiger partial charge on any atom is -0.399 e. The Labute approximate surface area is 158 Å². The molecular weight excluding hydrogens is 366 g/mol. The summed E-state index contributed by atoms with van der Waals surface area (Å²) in [6.07, 6.45) is 0. The second-order valence-electron chi connectivity index (χ2n) is 7.04. The van der Waals surface area contributed by atoms with Crippen LogP contribution in [-0.2, 0) is 15.4 Å². The molecule has 3 rings (SSSR count). The molecule has 0 saturated heterocycles. The fraction of sp³-hybridized carbons (Fsp3) is 0.211. The maximum Gasteiger partial charge on any atom is 0.263 e. The summed E-state index contributed by atoms with van der Waals surface area (Å²) in [5.74, 6) is 0. The predicted octanol–water partition coefficient (Wildman–Crippen LogP) is 4.49. The largest absolute Gasteiger partial charge is 0.399 e. The second-order valence-corrected chi connectivity index (χ2v) is 9.58. The Balaban J connectivity index is 1.82. The van der Waals surface area contributed by atoms with Crippen molar-refractivity contribution in [1.82, 2.24) is 4.98 Å². The number of aromatic nitrogens is 1. The van der Waals surface area contributed by atoms with Gasteiger partial charge in [-0.05, 0) is 35.2 Å². The number of sulfonamides is 1. The van der Waals surface area contributed by atoms with Gasteiger partial charge in [0.05, 0.1) is 10.6 Å². The van der Waals surface area contributed by atoms with Gasteiger partial charge >= 0.3 is 0 Å². The number of nitrogens with two attached hydrogens (primary N) is 1. The number of benzene rings is 2. The maximum absolute atomic E-state index is 12.6. The van der Waals surface area contributed by atoms with Gasteiger partial charge in [0.1, 0.15) is 0 Å². The molecular formula is C19H21N3O2S2. The molecule has 0 unspecified atom stereocenters. The second kappa shape index (κ2) is 6.74. The van der Waals surface area contributed by atoms with Gasteiger partial charge in [-0.1, -0.05) is 45.0 Å². The van der Waals surface area contributed by atoms with Crippen LogP contribution in [0.2, 0.25) is 0 Å². The van der Waals surface area contributed by atoms with Gasteiger partial charge in [-0.15, -0.1) is 11.3 Å². The lowest BCUT2D eigenvalue weighted by atomic mass is 9.87. The van der Waals surface area contributed by atoms with Gasteiger partial charge in [-0.25, -0.2) is 13.4 Å². The number of hydrogen-bond acceptors (Lipinski definition) is 5. The summed E-state index contributed by atoms with van der Waals surface area (Å²) in [7, 11) is -3.68. The molecule has 0 bridgehead atoms. The normalized spacial score (nSPS) is 12.1. The standard InChI is InChI=1S/C19H21N3O2S2/c1-19(2,3)14-7-9-16(10-8-14)26(23,24)22-18-21-17(12-25-18)13-5-4-6-15(20)11-13/h4-12H,20H2,1-3H3,(H,21,22). The zero-order valence-corrected chi connectivity index (χ0v) is 16.5. The molecule has 0 fully saturated rings. The molecule has 0 aliphatic carbocycles. The van der Waals surface area contributed by atoms with Crippen LogP contribution in [0.1, 0.15) is 26.3 Å². The van der Waals surface area contributed by atoms with E-state index in [9.17, 15) is 8.42 Å². The molecule has 0 amide bonds. The molecule has 0 saturated carbocycles. The van der Waals surface area contributed by atoms with Crippen molar-refractivity contribution in [2.45, 2.75) is 31.1 Å². The lowest BCUT2D eigenvalue weighted by molar-refractivity contribution is 0.587. The molecule has 1 heterocycles. The van der Waals surface area contributed by atoms with Crippen LogP contribution in [0.4, 0.5) is 10.8 Å². The molecule has 7 heteroatoms. The molecule has 26 heavy (non-hydrogen) atoms. The van der Waals surface area contributed by atoms with E-state index in [-0.39, 0.29) is 10.3 Å². The molecule has 5 nitrogen and oxygen atoms in total. The highest BCUT2D eigenvalue weighted by molar-refractivity contribution is 7.93. The average molecular weight is 388 g/mol. The van der Waals surface area contributed by atoms with Gasteiger partial charge in [-0.2, -0.15) is 0 Å². The van der Waals surface area contributed by atoms with Gasteiger partial charge < -0.3 is 5.73 Å². The Morgan fingerprint density at radius 1 is 1.08 bits per heavy atom. The quantitative estimate of drug-likeness (QED) is 0.646. The summed E-state index contributed by atoms with van der Waals surface area (Å²) >= 11 is 1.24. The molecule has 3 N–H and O–H groups in total. The van der Waals surface area contributed by atoms with Crippen molar-refractivity contribution in [2.75, 3.05) is 10.5 Å². The maximum atomic E-state index is 12.6. The van der Waals surface area contributed by atoms with Gasteiger partial charge in [0.15, 0.2) is 5.13 Å². The zero-order chi connectivity index (χ0) is 18.9. The van der Waals surface area contributed by atoms with Crippen molar-refractivity contribution >= 4 is 32.2 Å². The van der Waals surface area contributed by atoms with Crippen LogP contribution in [0, 0.1) is 0 Å². The highest BCUT2D eigenvalue weighted by Gasteiger charge is 2.19. The first-order valence-corrected chi connectivity index (χ1v) is 10.5. The summed E-state index contributed by atoms with van der Waals surface area (Å²) in [4.78, 5) is 4.58. The highest BCUT2D eigenvalue weighted by Crippen LogP contribution is 2.28. The van der Waals surface area contributed by atoms with E-state index in [0.29, 0.717) is 16.5 Å². The Morgan fingerprint density at radius 3 is 2.38 bits per heavy atom. The predicted molar refractivity (Wildman–Crippen MR) is 108 cm³/mol. The van der Waals surface area contributed by atoms with Crippen LogP contribution in [0.3, 0.4) is 0 Å². The SMILES string of the molecule is CC(C)(C)c1ccc(S(=O)(=O)Nc2nc(-c3cccc(N)c3)cs2)cc1. The number of anilines is 2. The topological polar surface area (TPSA) is 85.1 Å². The molecule has 1 aromatic heterocycles. The lowest BCUT2D eigenvalue weighted by Crippen LogP contribution is -2.14. The minimum absolute atomic E-state index is 0.0303. The smallest absolute Gasteiger partial charge is 0.263 e. The number of nitrogen functional groups attached to an aromatic ring is 1. The van der Waals surface area contributed by atoms with Crippen LogP contribution in [0.25, 0.3) is 11.3 Å². The Hall–Kier alpha value is -2.38.